The molecule has 0 saturated carbocycles. The standard InChI is InChI=1S/C23H28N2O6/c1-4-14-31-20-12-8-17(15-21(20)29-3)23(28)25-24-22(27)13-11-19(26)16-6-9-18(10-7-16)30-5-2/h6-10,12,15H,4-5,11,13-14H2,1-3H3,(H,24,27)(H,25,28). The highest BCUT2D eigenvalue weighted by Crippen LogP contribution is 2.28. The lowest BCUT2D eigenvalue weighted by molar-refractivity contribution is -0.121. The topological polar surface area (TPSA) is 103 Å². The number of ether oxygens (including phenoxy) is 3. The number of Topliss-reactive ketones (excluding diaryl/α,β-unsaturated/α-hetero) is 1. The van der Waals surface area contributed by atoms with Gasteiger partial charge >= 0.3 is 0 Å². The summed E-state index contributed by atoms with van der Waals surface area (Å²) in [6, 6.07) is 11.5. The third kappa shape index (κ3) is 7.33. The molecule has 0 aliphatic heterocycles. The summed E-state index contributed by atoms with van der Waals surface area (Å²) < 4.78 is 16.1. The summed E-state index contributed by atoms with van der Waals surface area (Å²) in [4.78, 5) is 36.5. The van der Waals surface area contributed by atoms with Crippen molar-refractivity contribution in [1.82, 2.24) is 10.9 Å². The fourth-order valence-electron chi connectivity index (χ4n) is 2.68. The summed E-state index contributed by atoms with van der Waals surface area (Å²) in [6.45, 7) is 4.95. The smallest absolute Gasteiger partial charge is 0.269 e. The molecule has 0 heterocycles. The Morgan fingerprint density at radius 1 is 0.839 bits per heavy atom. The number of methoxy groups -OCH3 is 1. The van der Waals surface area contributed by atoms with Crippen LogP contribution in [-0.4, -0.2) is 37.9 Å². The highest BCUT2D eigenvalue weighted by molar-refractivity contribution is 5.99. The van der Waals surface area contributed by atoms with Crippen LogP contribution in [0.3, 0.4) is 0 Å². The van der Waals surface area contributed by atoms with Crippen molar-refractivity contribution in [3.8, 4) is 17.2 Å². The zero-order valence-corrected chi connectivity index (χ0v) is 18.0. The van der Waals surface area contributed by atoms with Crippen molar-refractivity contribution >= 4 is 17.6 Å². The Morgan fingerprint density at radius 3 is 2.19 bits per heavy atom. The van der Waals surface area contributed by atoms with Crippen LogP contribution in [0.15, 0.2) is 42.5 Å². The fraction of sp³-hybridized carbons (Fsp3) is 0.348. The molecule has 2 aromatic carbocycles. The van der Waals surface area contributed by atoms with E-state index < -0.39 is 11.8 Å². The molecule has 0 fully saturated rings. The third-order valence-electron chi connectivity index (χ3n) is 4.27. The molecule has 2 amide bonds. The first-order chi connectivity index (χ1) is 15.0. The molecule has 0 radical (unpaired) electrons. The van der Waals surface area contributed by atoms with E-state index >= 15 is 0 Å². The van der Waals surface area contributed by atoms with Crippen LogP contribution < -0.4 is 25.1 Å². The Morgan fingerprint density at radius 2 is 1.55 bits per heavy atom. The number of carbonyl (C=O) groups is 3. The van der Waals surface area contributed by atoms with Crippen molar-refractivity contribution in [3.05, 3.63) is 53.6 Å². The second-order valence-corrected chi connectivity index (χ2v) is 6.60. The number of rotatable bonds is 11. The first-order valence-corrected chi connectivity index (χ1v) is 10.1. The maximum absolute atomic E-state index is 12.3. The Labute approximate surface area is 181 Å². The molecule has 0 atom stereocenters. The predicted molar refractivity (Wildman–Crippen MR) is 116 cm³/mol. The van der Waals surface area contributed by atoms with Gasteiger partial charge in [0, 0.05) is 24.0 Å². The van der Waals surface area contributed by atoms with E-state index in [9.17, 15) is 14.4 Å². The first-order valence-electron chi connectivity index (χ1n) is 10.1. The lowest BCUT2D eigenvalue weighted by Crippen LogP contribution is -2.41. The molecular formula is C23H28N2O6. The lowest BCUT2D eigenvalue weighted by Gasteiger charge is -2.12. The minimum atomic E-state index is -0.508. The van der Waals surface area contributed by atoms with E-state index in [-0.39, 0.29) is 18.6 Å². The molecule has 0 spiro atoms. The summed E-state index contributed by atoms with van der Waals surface area (Å²) in [6.07, 6.45) is 0.810. The number of carbonyl (C=O) groups excluding carboxylic acids is 3. The van der Waals surface area contributed by atoms with Crippen LogP contribution in [0, 0.1) is 0 Å². The van der Waals surface area contributed by atoms with Crippen molar-refractivity contribution in [2.24, 2.45) is 0 Å². The molecule has 0 aliphatic carbocycles. The van der Waals surface area contributed by atoms with Gasteiger partial charge < -0.3 is 14.2 Å². The summed E-state index contributed by atoms with van der Waals surface area (Å²) in [5.41, 5.74) is 5.45. The summed E-state index contributed by atoms with van der Waals surface area (Å²) in [5, 5.41) is 0. The lowest BCUT2D eigenvalue weighted by atomic mass is 10.1. The molecule has 31 heavy (non-hydrogen) atoms. The van der Waals surface area contributed by atoms with Crippen molar-refractivity contribution in [2.45, 2.75) is 33.1 Å². The molecule has 2 rings (SSSR count). The molecule has 166 valence electrons. The summed E-state index contributed by atoms with van der Waals surface area (Å²) in [7, 11) is 1.49. The second-order valence-electron chi connectivity index (χ2n) is 6.60. The zero-order chi connectivity index (χ0) is 22.6. The van der Waals surface area contributed by atoms with Gasteiger partial charge in [-0.2, -0.15) is 0 Å². The van der Waals surface area contributed by atoms with Gasteiger partial charge in [0.25, 0.3) is 5.91 Å². The molecular weight excluding hydrogens is 400 g/mol. The average molecular weight is 428 g/mol. The molecule has 0 saturated heterocycles. The number of amides is 2. The number of hydrazine groups is 1. The van der Waals surface area contributed by atoms with E-state index in [4.69, 9.17) is 14.2 Å². The van der Waals surface area contributed by atoms with E-state index in [1.165, 1.54) is 13.2 Å². The number of nitrogens with one attached hydrogen (secondary N) is 2. The van der Waals surface area contributed by atoms with Crippen molar-refractivity contribution in [3.63, 3.8) is 0 Å². The maximum atomic E-state index is 12.3. The van der Waals surface area contributed by atoms with Gasteiger partial charge in [-0.15, -0.1) is 0 Å². The number of hydrogen-bond acceptors (Lipinski definition) is 6. The SMILES string of the molecule is CCCOc1ccc(C(=O)NNC(=O)CCC(=O)c2ccc(OCC)cc2)cc1OC. The highest BCUT2D eigenvalue weighted by Gasteiger charge is 2.13. The van der Waals surface area contributed by atoms with E-state index in [1.54, 1.807) is 36.4 Å². The van der Waals surface area contributed by atoms with Gasteiger partial charge in [0.05, 0.1) is 20.3 Å². The second kappa shape index (κ2) is 12.2. The van der Waals surface area contributed by atoms with Crippen molar-refractivity contribution < 1.29 is 28.6 Å². The quantitative estimate of drug-likeness (QED) is 0.420. The number of hydrogen-bond donors (Lipinski definition) is 2. The highest BCUT2D eigenvalue weighted by atomic mass is 16.5. The number of benzene rings is 2. The van der Waals surface area contributed by atoms with Gasteiger partial charge in [0.15, 0.2) is 17.3 Å². The third-order valence-corrected chi connectivity index (χ3v) is 4.27. The molecule has 0 aromatic heterocycles. The largest absolute Gasteiger partial charge is 0.494 e. The van der Waals surface area contributed by atoms with E-state index in [2.05, 4.69) is 10.9 Å². The van der Waals surface area contributed by atoms with Gasteiger partial charge in [-0.05, 0) is 55.8 Å². The van der Waals surface area contributed by atoms with E-state index in [0.717, 1.165) is 6.42 Å². The van der Waals surface area contributed by atoms with Crippen molar-refractivity contribution in [2.75, 3.05) is 20.3 Å². The van der Waals surface area contributed by atoms with Gasteiger partial charge in [0.2, 0.25) is 5.91 Å². The van der Waals surface area contributed by atoms with Crippen LogP contribution in [-0.2, 0) is 4.79 Å². The van der Waals surface area contributed by atoms with Crippen LogP contribution in [0.1, 0.15) is 53.8 Å². The molecule has 0 aliphatic rings. The molecule has 8 nitrogen and oxygen atoms in total. The Balaban J connectivity index is 1.82. The number of ketones is 1. The molecule has 2 N–H and O–H groups in total. The molecule has 2 aromatic rings. The Kier molecular flexibility index (Phi) is 9.35. The van der Waals surface area contributed by atoms with Gasteiger partial charge in [-0.1, -0.05) is 6.92 Å². The normalized spacial score (nSPS) is 10.2. The molecule has 0 unspecified atom stereocenters. The van der Waals surface area contributed by atoms with Crippen LogP contribution in [0.4, 0.5) is 0 Å². The summed E-state index contributed by atoms with van der Waals surface area (Å²) >= 11 is 0. The van der Waals surface area contributed by atoms with E-state index in [0.29, 0.717) is 41.6 Å². The van der Waals surface area contributed by atoms with Gasteiger partial charge in [-0.3, -0.25) is 25.2 Å². The minimum Gasteiger partial charge on any atom is -0.494 e. The average Bonchev–Trinajstić information content (AvgIpc) is 2.80. The van der Waals surface area contributed by atoms with Crippen molar-refractivity contribution in [1.29, 1.82) is 0 Å². The zero-order valence-electron chi connectivity index (χ0n) is 18.0. The monoisotopic (exact) mass is 428 g/mol. The fourth-order valence-corrected chi connectivity index (χ4v) is 2.68. The molecule has 8 heteroatoms. The summed E-state index contributed by atoms with van der Waals surface area (Å²) in [5.74, 6) is 0.498. The van der Waals surface area contributed by atoms with Crippen LogP contribution >= 0.6 is 0 Å². The maximum Gasteiger partial charge on any atom is 0.269 e. The Bertz CT molecular complexity index is 895. The van der Waals surface area contributed by atoms with Crippen LogP contribution in [0.5, 0.6) is 17.2 Å². The Hall–Kier alpha value is -3.55. The van der Waals surface area contributed by atoms with Crippen LogP contribution in [0.25, 0.3) is 0 Å². The van der Waals surface area contributed by atoms with Crippen LogP contribution in [0.2, 0.25) is 0 Å². The van der Waals surface area contributed by atoms with Gasteiger partial charge in [-0.25, -0.2) is 0 Å². The first kappa shape index (κ1) is 23.7. The minimum absolute atomic E-state index is 0.0208. The van der Waals surface area contributed by atoms with E-state index in [1.807, 2.05) is 13.8 Å². The molecule has 0 bridgehead atoms. The van der Waals surface area contributed by atoms with Gasteiger partial charge in [0.1, 0.15) is 5.75 Å². The predicted octanol–water partition coefficient (Wildman–Crippen LogP) is 3.31.